The maximum Gasteiger partial charge on any atom is 0.257 e. The Bertz CT molecular complexity index is 580. The van der Waals surface area contributed by atoms with Crippen molar-refractivity contribution in [2.24, 2.45) is 23.9 Å². The largest absolute Gasteiger partial charge is 0.409 e. The van der Waals surface area contributed by atoms with Crippen LogP contribution in [0.1, 0.15) is 19.3 Å². The van der Waals surface area contributed by atoms with Crippen molar-refractivity contribution >= 4 is 15.9 Å². The van der Waals surface area contributed by atoms with E-state index >= 15 is 0 Å². The Balaban J connectivity index is 2.19. The molecule has 2 atom stereocenters. The van der Waals surface area contributed by atoms with Crippen molar-refractivity contribution in [2.75, 3.05) is 0 Å². The van der Waals surface area contributed by atoms with Crippen molar-refractivity contribution in [3.05, 3.63) is 12.3 Å². The predicted octanol–water partition coefficient (Wildman–Crippen LogP) is -0.386. The number of aryl methyl sites for hydroxylation is 1. The van der Waals surface area contributed by atoms with Gasteiger partial charge in [-0.3, -0.25) is 4.68 Å². The lowest BCUT2D eigenvalue weighted by Gasteiger charge is -2.19. The second kappa shape index (κ2) is 5.17. The van der Waals surface area contributed by atoms with E-state index < -0.39 is 10.0 Å². The van der Waals surface area contributed by atoms with Crippen molar-refractivity contribution < 1.29 is 13.6 Å². The van der Waals surface area contributed by atoms with Gasteiger partial charge in [-0.15, -0.1) is 0 Å². The average molecular weight is 287 g/mol. The van der Waals surface area contributed by atoms with Crippen molar-refractivity contribution in [2.45, 2.75) is 30.3 Å². The van der Waals surface area contributed by atoms with Crippen LogP contribution >= 0.6 is 0 Å². The molecule has 0 saturated heterocycles. The molecule has 9 heteroatoms. The quantitative estimate of drug-likeness (QED) is 0.301. The second-order valence-electron chi connectivity index (χ2n) is 4.58. The summed E-state index contributed by atoms with van der Waals surface area (Å²) in [5, 5.41) is 15.6. The second-order valence-corrected chi connectivity index (χ2v) is 6.24. The lowest BCUT2D eigenvalue weighted by Crippen LogP contribution is -2.42. The maximum absolute atomic E-state index is 12.2. The van der Waals surface area contributed by atoms with E-state index in [0.717, 1.165) is 6.42 Å². The topological polar surface area (TPSA) is 123 Å². The van der Waals surface area contributed by atoms with Crippen LogP contribution < -0.4 is 10.5 Å². The number of nitrogens with zero attached hydrogens (tertiary/aromatic N) is 3. The zero-order valence-electron chi connectivity index (χ0n) is 10.5. The molecule has 106 valence electrons. The van der Waals surface area contributed by atoms with Crippen molar-refractivity contribution in [1.82, 2.24) is 14.5 Å². The van der Waals surface area contributed by atoms with Crippen LogP contribution in [-0.2, 0) is 17.1 Å². The Morgan fingerprint density at radius 2 is 2.37 bits per heavy atom. The van der Waals surface area contributed by atoms with Gasteiger partial charge in [0, 0.05) is 19.0 Å². The highest BCUT2D eigenvalue weighted by molar-refractivity contribution is 7.89. The van der Waals surface area contributed by atoms with Crippen LogP contribution in [0.3, 0.4) is 0 Å². The zero-order valence-corrected chi connectivity index (χ0v) is 11.3. The smallest absolute Gasteiger partial charge is 0.257 e. The number of oxime groups is 1. The SMILES string of the molecule is Cn1nccc1S(=O)(=O)NC1CCCC1/C(N)=N/O. The van der Waals surface area contributed by atoms with Crippen LogP contribution in [0.4, 0.5) is 0 Å². The summed E-state index contributed by atoms with van der Waals surface area (Å²) in [6, 6.07) is 1.08. The molecule has 1 aromatic heterocycles. The van der Waals surface area contributed by atoms with E-state index in [4.69, 9.17) is 10.9 Å². The number of amidine groups is 1. The van der Waals surface area contributed by atoms with Gasteiger partial charge in [0.05, 0.1) is 6.20 Å². The van der Waals surface area contributed by atoms with Gasteiger partial charge in [0.2, 0.25) is 0 Å². The van der Waals surface area contributed by atoms with Gasteiger partial charge in [-0.25, -0.2) is 13.1 Å². The minimum atomic E-state index is -3.65. The van der Waals surface area contributed by atoms with Gasteiger partial charge in [-0.1, -0.05) is 11.6 Å². The molecule has 1 fully saturated rings. The summed E-state index contributed by atoms with van der Waals surface area (Å²) >= 11 is 0. The third-order valence-corrected chi connectivity index (χ3v) is 4.93. The van der Waals surface area contributed by atoms with E-state index in [0.29, 0.717) is 12.8 Å². The Labute approximate surface area is 111 Å². The van der Waals surface area contributed by atoms with Crippen LogP contribution in [0, 0.1) is 5.92 Å². The first-order valence-corrected chi connectivity index (χ1v) is 7.42. The van der Waals surface area contributed by atoms with Gasteiger partial charge in [-0.05, 0) is 18.9 Å². The molecule has 1 aliphatic rings. The lowest BCUT2D eigenvalue weighted by atomic mass is 10.0. The number of sulfonamides is 1. The molecule has 19 heavy (non-hydrogen) atoms. The van der Waals surface area contributed by atoms with E-state index in [2.05, 4.69) is 15.0 Å². The van der Waals surface area contributed by atoms with Gasteiger partial charge >= 0.3 is 0 Å². The molecule has 0 aromatic carbocycles. The fourth-order valence-electron chi connectivity index (χ4n) is 2.41. The molecule has 2 rings (SSSR count). The standard InChI is InChI=1S/C10H17N5O3S/c1-15-9(5-6-12-15)19(17,18)14-8-4-2-3-7(8)10(11)13-16/h5-8,14,16H,2-4H2,1H3,(H2,11,13). The maximum atomic E-state index is 12.2. The summed E-state index contributed by atoms with van der Waals surface area (Å²) in [6.45, 7) is 0. The summed E-state index contributed by atoms with van der Waals surface area (Å²) in [5.74, 6) is -0.205. The fourth-order valence-corrected chi connectivity index (χ4v) is 3.85. The molecule has 0 radical (unpaired) electrons. The predicted molar refractivity (Wildman–Crippen MR) is 68.1 cm³/mol. The van der Waals surface area contributed by atoms with Gasteiger partial charge in [0.1, 0.15) is 5.84 Å². The molecule has 1 saturated carbocycles. The van der Waals surface area contributed by atoms with E-state index in [-0.39, 0.29) is 22.8 Å². The Morgan fingerprint density at radius 1 is 1.63 bits per heavy atom. The number of aromatic nitrogens is 2. The Kier molecular flexibility index (Phi) is 3.76. The third kappa shape index (κ3) is 2.71. The van der Waals surface area contributed by atoms with Gasteiger partial charge in [-0.2, -0.15) is 5.10 Å². The first kappa shape index (κ1) is 13.8. The molecule has 1 heterocycles. The van der Waals surface area contributed by atoms with Crippen LogP contribution in [-0.4, -0.2) is 35.3 Å². The van der Waals surface area contributed by atoms with Crippen LogP contribution in [0.2, 0.25) is 0 Å². The fraction of sp³-hybridized carbons (Fsp3) is 0.600. The van der Waals surface area contributed by atoms with Gasteiger partial charge in [0.15, 0.2) is 5.03 Å². The summed E-state index contributed by atoms with van der Waals surface area (Å²) in [6.07, 6.45) is 3.62. The number of hydrogen-bond donors (Lipinski definition) is 3. The third-order valence-electron chi connectivity index (χ3n) is 3.37. The van der Waals surface area contributed by atoms with Crippen LogP contribution in [0.25, 0.3) is 0 Å². The molecule has 0 amide bonds. The van der Waals surface area contributed by atoms with E-state index in [1.54, 1.807) is 7.05 Å². The Hall–Kier alpha value is -1.61. The molecule has 8 nitrogen and oxygen atoms in total. The average Bonchev–Trinajstić information content (AvgIpc) is 2.96. The summed E-state index contributed by atoms with van der Waals surface area (Å²) in [7, 11) is -2.09. The van der Waals surface area contributed by atoms with E-state index in [1.165, 1.54) is 16.9 Å². The number of rotatable bonds is 4. The number of hydrogen-bond acceptors (Lipinski definition) is 5. The molecular formula is C10H17N5O3S. The minimum absolute atomic E-state index is 0.0650. The summed E-state index contributed by atoms with van der Waals surface area (Å²) in [4.78, 5) is 0. The van der Waals surface area contributed by atoms with Crippen molar-refractivity contribution in [3.8, 4) is 0 Å². The normalized spacial score (nSPS) is 24.8. The van der Waals surface area contributed by atoms with E-state index in [9.17, 15) is 8.42 Å². The highest BCUT2D eigenvalue weighted by Crippen LogP contribution is 2.27. The van der Waals surface area contributed by atoms with Crippen LogP contribution in [0.5, 0.6) is 0 Å². The molecule has 2 unspecified atom stereocenters. The van der Waals surface area contributed by atoms with Gasteiger partial charge < -0.3 is 10.9 Å². The summed E-state index contributed by atoms with van der Waals surface area (Å²) < 4.78 is 28.3. The highest BCUT2D eigenvalue weighted by Gasteiger charge is 2.34. The number of nitrogens with one attached hydrogen (secondary N) is 1. The zero-order chi connectivity index (χ0) is 14.0. The molecule has 4 N–H and O–H groups in total. The van der Waals surface area contributed by atoms with Crippen molar-refractivity contribution in [1.29, 1.82) is 0 Å². The minimum Gasteiger partial charge on any atom is -0.409 e. The number of nitrogens with two attached hydrogens (primary N) is 1. The summed E-state index contributed by atoms with van der Waals surface area (Å²) in [5.41, 5.74) is 5.58. The molecule has 0 bridgehead atoms. The van der Waals surface area contributed by atoms with Crippen LogP contribution in [0.15, 0.2) is 22.4 Å². The van der Waals surface area contributed by atoms with Gasteiger partial charge in [0.25, 0.3) is 10.0 Å². The first-order chi connectivity index (χ1) is 8.95. The van der Waals surface area contributed by atoms with Crippen molar-refractivity contribution in [3.63, 3.8) is 0 Å². The molecule has 0 spiro atoms. The Morgan fingerprint density at radius 3 is 2.95 bits per heavy atom. The van der Waals surface area contributed by atoms with E-state index in [1.807, 2.05) is 0 Å². The molecule has 0 aliphatic heterocycles. The molecule has 1 aliphatic carbocycles. The molecular weight excluding hydrogens is 270 g/mol. The lowest BCUT2D eigenvalue weighted by molar-refractivity contribution is 0.312. The highest BCUT2D eigenvalue weighted by atomic mass is 32.2. The first-order valence-electron chi connectivity index (χ1n) is 5.93. The molecule has 1 aromatic rings. The monoisotopic (exact) mass is 287 g/mol.